The third kappa shape index (κ3) is 1.99. The van der Waals surface area contributed by atoms with Crippen LogP contribution in [0.1, 0.15) is 25.7 Å². The first-order valence-electron chi connectivity index (χ1n) is 5.84. The fourth-order valence-electron chi connectivity index (χ4n) is 2.64. The Morgan fingerprint density at radius 1 is 1.25 bits per heavy atom. The van der Waals surface area contributed by atoms with Gasteiger partial charge in [0, 0.05) is 26.2 Å². The first-order chi connectivity index (χ1) is 7.59. The van der Waals surface area contributed by atoms with Gasteiger partial charge in [-0.1, -0.05) is 0 Å². The summed E-state index contributed by atoms with van der Waals surface area (Å²) in [5.74, 6) is -0.894. The van der Waals surface area contributed by atoms with Gasteiger partial charge < -0.3 is 14.9 Å². The number of rotatable bonds is 2. The van der Waals surface area contributed by atoms with Gasteiger partial charge in [0.15, 0.2) is 0 Å². The van der Waals surface area contributed by atoms with Gasteiger partial charge in [-0.2, -0.15) is 0 Å². The van der Waals surface area contributed by atoms with E-state index < -0.39 is 5.97 Å². The van der Waals surface area contributed by atoms with Crippen molar-refractivity contribution in [2.45, 2.75) is 31.7 Å². The van der Waals surface area contributed by atoms with Gasteiger partial charge in [-0.3, -0.25) is 4.79 Å². The lowest BCUT2D eigenvalue weighted by atomic mass is 9.85. The van der Waals surface area contributed by atoms with Crippen LogP contribution in [0.15, 0.2) is 0 Å². The Labute approximate surface area is 95.0 Å². The minimum absolute atomic E-state index is 0.0961. The Kier molecular flexibility index (Phi) is 3.03. The molecule has 5 nitrogen and oxygen atoms in total. The molecule has 1 aliphatic carbocycles. The molecule has 0 aromatic carbocycles. The number of hydrogen-bond acceptors (Lipinski definition) is 2. The number of urea groups is 1. The van der Waals surface area contributed by atoms with E-state index in [9.17, 15) is 9.59 Å². The van der Waals surface area contributed by atoms with Crippen molar-refractivity contribution in [3.8, 4) is 0 Å². The number of aliphatic carboxylic acids is 1. The Bertz CT molecular complexity index is 298. The van der Waals surface area contributed by atoms with E-state index in [1.165, 1.54) is 0 Å². The highest BCUT2D eigenvalue weighted by Gasteiger charge is 2.35. The third-order valence-electron chi connectivity index (χ3n) is 3.74. The largest absolute Gasteiger partial charge is 0.481 e. The van der Waals surface area contributed by atoms with Crippen molar-refractivity contribution in [3.63, 3.8) is 0 Å². The van der Waals surface area contributed by atoms with Gasteiger partial charge in [-0.15, -0.1) is 0 Å². The fourth-order valence-corrected chi connectivity index (χ4v) is 2.64. The Balaban J connectivity index is 1.90. The van der Waals surface area contributed by atoms with E-state index in [1.807, 2.05) is 11.9 Å². The van der Waals surface area contributed by atoms with Gasteiger partial charge in [-0.05, 0) is 25.7 Å². The zero-order valence-electron chi connectivity index (χ0n) is 9.56. The lowest BCUT2D eigenvalue weighted by Gasteiger charge is -2.32. The summed E-state index contributed by atoms with van der Waals surface area (Å²) in [7, 11) is 1.81. The summed E-state index contributed by atoms with van der Waals surface area (Å²) >= 11 is 0. The molecule has 2 amide bonds. The number of nitrogens with zero attached hydrogens (tertiary/aromatic N) is 2. The molecule has 0 atom stereocenters. The van der Waals surface area contributed by atoms with Crippen LogP contribution >= 0.6 is 0 Å². The smallest absolute Gasteiger partial charge is 0.320 e. The summed E-state index contributed by atoms with van der Waals surface area (Å²) < 4.78 is 0. The van der Waals surface area contributed by atoms with Crippen LogP contribution in [0.25, 0.3) is 0 Å². The molecule has 1 saturated heterocycles. The van der Waals surface area contributed by atoms with Gasteiger partial charge in [0.25, 0.3) is 0 Å². The topological polar surface area (TPSA) is 60.9 Å². The van der Waals surface area contributed by atoms with Gasteiger partial charge >= 0.3 is 12.0 Å². The summed E-state index contributed by atoms with van der Waals surface area (Å²) in [6, 6.07) is 0.354. The Morgan fingerprint density at radius 3 is 2.31 bits per heavy atom. The quantitative estimate of drug-likeness (QED) is 0.764. The second-order valence-corrected chi connectivity index (χ2v) is 4.74. The van der Waals surface area contributed by atoms with Crippen LogP contribution in [0.4, 0.5) is 4.79 Å². The number of amides is 2. The summed E-state index contributed by atoms with van der Waals surface area (Å²) in [4.78, 5) is 26.2. The van der Waals surface area contributed by atoms with E-state index in [-0.39, 0.29) is 18.0 Å². The number of carboxylic acids is 1. The van der Waals surface area contributed by atoms with Crippen molar-refractivity contribution in [1.29, 1.82) is 0 Å². The molecular weight excluding hydrogens is 208 g/mol. The van der Waals surface area contributed by atoms with E-state index in [2.05, 4.69) is 0 Å². The van der Waals surface area contributed by atoms with Crippen LogP contribution in [-0.2, 0) is 4.79 Å². The van der Waals surface area contributed by atoms with Crippen LogP contribution in [0, 0.1) is 5.92 Å². The van der Waals surface area contributed by atoms with E-state index in [4.69, 9.17) is 5.11 Å². The molecule has 0 bridgehead atoms. The Hall–Kier alpha value is -1.26. The van der Waals surface area contributed by atoms with E-state index >= 15 is 0 Å². The molecule has 0 aromatic rings. The highest BCUT2D eigenvalue weighted by molar-refractivity contribution is 5.76. The van der Waals surface area contributed by atoms with Crippen LogP contribution < -0.4 is 0 Å². The van der Waals surface area contributed by atoms with Gasteiger partial charge in [-0.25, -0.2) is 4.79 Å². The minimum atomic E-state index is -0.691. The lowest BCUT2D eigenvalue weighted by molar-refractivity contribution is -0.143. The predicted octanol–water partition coefficient (Wildman–Crippen LogP) is 0.997. The molecule has 0 spiro atoms. The fraction of sp³-hybridized carbons (Fsp3) is 0.818. The predicted molar refractivity (Wildman–Crippen MR) is 58.1 cm³/mol. The second kappa shape index (κ2) is 4.31. The molecule has 2 rings (SSSR count). The van der Waals surface area contributed by atoms with Crippen molar-refractivity contribution in [2.75, 3.05) is 20.1 Å². The maximum Gasteiger partial charge on any atom is 0.320 e. The van der Waals surface area contributed by atoms with Crippen LogP contribution in [0.3, 0.4) is 0 Å². The van der Waals surface area contributed by atoms with Gasteiger partial charge in [0.1, 0.15) is 0 Å². The molecule has 1 heterocycles. The number of carbonyl (C=O) groups is 2. The lowest BCUT2D eigenvalue weighted by Crippen LogP contribution is -2.41. The molecule has 2 aliphatic rings. The molecule has 2 fully saturated rings. The average molecular weight is 226 g/mol. The standard InChI is InChI=1S/C11H18N2O3/c1-12-6-7-13(11(12)16)9-4-2-8(3-5-9)10(14)15/h8-9H,2-7H2,1H3,(H,14,15). The molecule has 1 aliphatic heterocycles. The summed E-state index contributed by atoms with van der Waals surface area (Å²) in [6.07, 6.45) is 3.06. The third-order valence-corrected chi connectivity index (χ3v) is 3.74. The first-order valence-corrected chi connectivity index (χ1v) is 5.84. The maximum atomic E-state index is 11.8. The van der Waals surface area contributed by atoms with Crippen LogP contribution in [0.5, 0.6) is 0 Å². The van der Waals surface area contributed by atoms with Crippen molar-refractivity contribution in [2.24, 2.45) is 5.92 Å². The highest BCUT2D eigenvalue weighted by atomic mass is 16.4. The Morgan fingerprint density at radius 2 is 1.88 bits per heavy atom. The normalized spacial score (nSPS) is 30.9. The molecule has 90 valence electrons. The maximum absolute atomic E-state index is 11.8. The first kappa shape index (κ1) is 11.2. The highest BCUT2D eigenvalue weighted by Crippen LogP contribution is 2.29. The zero-order chi connectivity index (χ0) is 11.7. The SMILES string of the molecule is CN1CCN(C2CCC(C(=O)O)CC2)C1=O. The number of carbonyl (C=O) groups excluding carboxylic acids is 1. The number of likely N-dealkylation sites (N-methyl/N-ethyl adjacent to an activating group) is 1. The van der Waals surface area contributed by atoms with Crippen molar-refractivity contribution in [3.05, 3.63) is 0 Å². The van der Waals surface area contributed by atoms with Crippen molar-refractivity contribution >= 4 is 12.0 Å². The molecule has 0 aromatic heterocycles. The van der Waals surface area contributed by atoms with Gasteiger partial charge in [0.05, 0.1) is 5.92 Å². The van der Waals surface area contributed by atoms with Crippen LogP contribution in [0.2, 0.25) is 0 Å². The van der Waals surface area contributed by atoms with Crippen LogP contribution in [-0.4, -0.2) is 53.1 Å². The average Bonchev–Trinajstić information content (AvgIpc) is 2.60. The van der Waals surface area contributed by atoms with Crippen molar-refractivity contribution in [1.82, 2.24) is 9.80 Å². The molecule has 1 saturated carbocycles. The van der Waals surface area contributed by atoms with E-state index in [0.717, 1.165) is 25.9 Å². The van der Waals surface area contributed by atoms with Gasteiger partial charge in [0.2, 0.25) is 0 Å². The molecule has 0 radical (unpaired) electrons. The minimum Gasteiger partial charge on any atom is -0.481 e. The molecule has 0 unspecified atom stereocenters. The monoisotopic (exact) mass is 226 g/mol. The number of hydrogen-bond donors (Lipinski definition) is 1. The molecular formula is C11H18N2O3. The summed E-state index contributed by atoms with van der Waals surface area (Å²) in [6.45, 7) is 1.58. The zero-order valence-corrected chi connectivity index (χ0v) is 9.56. The molecule has 5 heteroatoms. The van der Waals surface area contributed by atoms with E-state index in [1.54, 1.807) is 4.90 Å². The van der Waals surface area contributed by atoms with Crippen molar-refractivity contribution < 1.29 is 14.7 Å². The number of carboxylic acid groups (broad SMARTS) is 1. The second-order valence-electron chi connectivity index (χ2n) is 4.74. The van der Waals surface area contributed by atoms with E-state index in [0.29, 0.717) is 12.8 Å². The summed E-state index contributed by atoms with van der Waals surface area (Å²) in [5.41, 5.74) is 0. The molecule has 16 heavy (non-hydrogen) atoms. The molecule has 1 N–H and O–H groups in total. The summed E-state index contributed by atoms with van der Waals surface area (Å²) in [5, 5.41) is 8.90.